The summed E-state index contributed by atoms with van der Waals surface area (Å²) in [5, 5.41) is 16.3. The number of benzene rings is 1. The number of rotatable bonds is 6. The topological polar surface area (TPSA) is 50.9 Å². The molecule has 1 aromatic carbocycles. The van der Waals surface area contributed by atoms with Gasteiger partial charge < -0.3 is 5.11 Å². The van der Waals surface area contributed by atoms with Crippen molar-refractivity contribution in [2.75, 3.05) is 5.75 Å². The molecule has 1 heterocycles. The summed E-state index contributed by atoms with van der Waals surface area (Å²) in [6, 6.07) is 7.48. The van der Waals surface area contributed by atoms with Gasteiger partial charge in [-0.25, -0.2) is 9.67 Å². The number of aliphatic hydroxyl groups is 1. The molecule has 4 nitrogen and oxygen atoms in total. The predicted octanol–water partition coefficient (Wildman–Crippen LogP) is 3.11. The predicted molar refractivity (Wildman–Crippen MR) is 85.5 cm³/mol. The molecule has 1 fully saturated rings. The number of halogens is 1. The molecule has 0 saturated heterocycles. The van der Waals surface area contributed by atoms with Crippen LogP contribution in [0.15, 0.2) is 36.9 Å². The number of hydrogen-bond donors (Lipinski definition) is 1. The van der Waals surface area contributed by atoms with E-state index in [0.29, 0.717) is 11.6 Å². The van der Waals surface area contributed by atoms with Crippen LogP contribution in [0.4, 0.5) is 0 Å². The number of hydrogen-bond acceptors (Lipinski definition) is 4. The zero-order chi connectivity index (χ0) is 14.9. The van der Waals surface area contributed by atoms with E-state index in [-0.39, 0.29) is 4.75 Å². The third-order valence-electron chi connectivity index (χ3n) is 4.06. The Labute approximate surface area is 133 Å². The highest BCUT2D eigenvalue weighted by Gasteiger charge is 2.60. The lowest BCUT2D eigenvalue weighted by Crippen LogP contribution is -2.43. The molecule has 2 aromatic rings. The highest BCUT2D eigenvalue weighted by atomic mass is 35.5. The Morgan fingerprint density at radius 2 is 2.10 bits per heavy atom. The van der Waals surface area contributed by atoms with Crippen LogP contribution in [-0.4, -0.2) is 30.4 Å². The number of nitrogens with zero attached hydrogens (tertiary/aromatic N) is 3. The van der Waals surface area contributed by atoms with Crippen LogP contribution >= 0.6 is 23.4 Å². The van der Waals surface area contributed by atoms with Gasteiger partial charge in [0.1, 0.15) is 18.3 Å². The van der Waals surface area contributed by atoms with Gasteiger partial charge in [0.25, 0.3) is 0 Å². The first-order chi connectivity index (χ1) is 10.1. The summed E-state index contributed by atoms with van der Waals surface area (Å²) in [7, 11) is 0. The molecule has 0 radical (unpaired) electrons. The maximum atomic E-state index is 11.5. The normalized spacial score (nSPS) is 19.2. The lowest BCUT2D eigenvalue weighted by atomic mass is 9.88. The van der Waals surface area contributed by atoms with Gasteiger partial charge >= 0.3 is 0 Å². The Bertz CT molecular complexity index is 598. The molecular formula is C15H18ClN3OS. The van der Waals surface area contributed by atoms with Gasteiger partial charge in [-0.1, -0.05) is 30.7 Å². The van der Waals surface area contributed by atoms with Crippen molar-refractivity contribution in [1.82, 2.24) is 14.8 Å². The van der Waals surface area contributed by atoms with Crippen molar-refractivity contribution < 1.29 is 5.11 Å². The highest BCUT2D eigenvalue weighted by molar-refractivity contribution is 8.01. The largest absolute Gasteiger partial charge is 0.382 e. The summed E-state index contributed by atoms with van der Waals surface area (Å²) in [5.41, 5.74) is -0.0766. The van der Waals surface area contributed by atoms with E-state index in [1.807, 2.05) is 36.0 Å². The molecule has 0 amide bonds. The minimum atomic E-state index is -0.966. The second-order valence-corrected chi connectivity index (χ2v) is 7.47. The molecule has 0 spiro atoms. The van der Waals surface area contributed by atoms with Crippen molar-refractivity contribution in [3.63, 3.8) is 0 Å². The Morgan fingerprint density at radius 1 is 1.38 bits per heavy atom. The molecule has 0 aliphatic heterocycles. The van der Waals surface area contributed by atoms with Gasteiger partial charge in [0, 0.05) is 5.02 Å². The summed E-state index contributed by atoms with van der Waals surface area (Å²) in [6.45, 7) is 2.53. The Hall–Kier alpha value is -1.04. The fourth-order valence-corrected chi connectivity index (χ4v) is 4.33. The van der Waals surface area contributed by atoms with Gasteiger partial charge in [-0.3, -0.25) is 0 Å². The van der Waals surface area contributed by atoms with Gasteiger partial charge in [0.05, 0.1) is 11.3 Å². The van der Waals surface area contributed by atoms with Gasteiger partial charge in [-0.15, -0.1) is 0 Å². The molecule has 1 aromatic heterocycles. The number of aromatic nitrogens is 3. The fourth-order valence-electron chi connectivity index (χ4n) is 2.84. The third-order valence-corrected chi connectivity index (χ3v) is 5.90. The zero-order valence-corrected chi connectivity index (χ0v) is 13.4. The van der Waals surface area contributed by atoms with Crippen LogP contribution in [0, 0.1) is 0 Å². The molecule has 21 heavy (non-hydrogen) atoms. The van der Waals surface area contributed by atoms with Crippen LogP contribution in [0.2, 0.25) is 5.02 Å². The van der Waals surface area contributed by atoms with Crippen LogP contribution in [0.1, 0.15) is 25.3 Å². The molecule has 1 aliphatic rings. The smallest absolute Gasteiger partial charge is 0.137 e. The molecule has 3 rings (SSSR count). The van der Waals surface area contributed by atoms with Crippen LogP contribution in [0.3, 0.4) is 0 Å². The molecule has 0 bridgehead atoms. The van der Waals surface area contributed by atoms with Crippen molar-refractivity contribution in [2.45, 2.75) is 36.7 Å². The van der Waals surface area contributed by atoms with Gasteiger partial charge in [0.15, 0.2) is 0 Å². The molecule has 1 N–H and O–H groups in total. The van der Waals surface area contributed by atoms with E-state index in [0.717, 1.165) is 24.2 Å². The van der Waals surface area contributed by atoms with Crippen LogP contribution in [0.5, 0.6) is 0 Å². The van der Waals surface area contributed by atoms with Crippen LogP contribution < -0.4 is 0 Å². The average molecular weight is 324 g/mol. The van der Waals surface area contributed by atoms with E-state index in [1.54, 1.807) is 11.0 Å². The second-order valence-electron chi connectivity index (χ2n) is 5.39. The highest BCUT2D eigenvalue weighted by Crippen LogP contribution is 2.60. The van der Waals surface area contributed by atoms with Gasteiger partial charge in [-0.2, -0.15) is 16.9 Å². The monoisotopic (exact) mass is 323 g/mol. The first-order valence-electron chi connectivity index (χ1n) is 7.04. The quantitative estimate of drug-likeness (QED) is 0.887. The molecule has 112 valence electrons. The Morgan fingerprint density at radius 3 is 2.62 bits per heavy atom. The lowest BCUT2D eigenvalue weighted by Gasteiger charge is -2.36. The first-order valence-corrected chi connectivity index (χ1v) is 8.41. The van der Waals surface area contributed by atoms with Crippen molar-refractivity contribution >= 4 is 23.4 Å². The summed E-state index contributed by atoms with van der Waals surface area (Å²) in [4.78, 5) is 3.98. The summed E-state index contributed by atoms with van der Waals surface area (Å²) < 4.78 is 1.56. The van der Waals surface area contributed by atoms with Crippen LogP contribution in [0.25, 0.3) is 0 Å². The minimum Gasteiger partial charge on any atom is -0.382 e. The first kappa shape index (κ1) is 14.9. The van der Waals surface area contributed by atoms with Crippen molar-refractivity contribution in [3.8, 4) is 0 Å². The van der Waals surface area contributed by atoms with Crippen LogP contribution in [-0.2, 0) is 12.1 Å². The second kappa shape index (κ2) is 5.63. The van der Waals surface area contributed by atoms with Gasteiger partial charge in [0.2, 0.25) is 0 Å². The molecular weight excluding hydrogens is 306 g/mol. The Kier molecular flexibility index (Phi) is 3.99. The average Bonchev–Trinajstić information content (AvgIpc) is 3.09. The van der Waals surface area contributed by atoms with E-state index in [4.69, 9.17) is 11.6 Å². The lowest BCUT2D eigenvalue weighted by molar-refractivity contribution is 0.00494. The maximum Gasteiger partial charge on any atom is 0.137 e. The minimum absolute atomic E-state index is 0.137. The molecule has 1 atom stereocenters. The van der Waals surface area contributed by atoms with Gasteiger partial charge in [-0.05, 0) is 36.3 Å². The van der Waals surface area contributed by atoms with E-state index in [1.165, 1.54) is 6.33 Å². The molecule has 1 unspecified atom stereocenters. The summed E-state index contributed by atoms with van der Waals surface area (Å²) in [6.07, 6.45) is 5.17. The fraction of sp³-hybridized carbons (Fsp3) is 0.467. The van der Waals surface area contributed by atoms with Crippen molar-refractivity contribution in [2.24, 2.45) is 0 Å². The van der Waals surface area contributed by atoms with Crippen molar-refractivity contribution in [3.05, 3.63) is 47.5 Å². The SMILES string of the molecule is CCSC1(C(O)(Cn2cncn2)c2ccc(Cl)cc2)CC1. The molecule has 1 aliphatic carbocycles. The molecule has 1 saturated carbocycles. The van der Waals surface area contributed by atoms with E-state index in [9.17, 15) is 5.11 Å². The van der Waals surface area contributed by atoms with E-state index >= 15 is 0 Å². The molecule has 6 heteroatoms. The standard InChI is InChI=1S/C15H18ClN3OS/c1-2-21-14(7-8-14)15(20,9-19-11-17-10-18-19)12-3-5-13(16)6-4-12/h3-6,10-11,20H,2,7-9H2,1H3. The summed E-state index contributed by atoms with van der Waals surface area (Å²) >= 11 is 7.81. The summed E-state index contributed by atoms with van der Waals surface area (Å²) in [5.74, 6) is 0.979. The van der Waals surface area contributed by atoms with E-state index < -0.39 is 5.60 Å². The zero-order valence-electron chi connectivity index (χ0n) is 11.9. The number of thioether (sulfide) groups is 1. The van der Waals surface area contributed by atoms with E-state index in [2.05, 4.69) is 17.0 Å². The maximum absolute atomic E-state index is 11.5. The van der Waals surface area contributed by atoms with Crippen molar-refractivity contribution in [1.29, 1.82) is 0 Å². The third kappa shape index (κ3) is 2.70. The Balaban J connectivity index is 2.00.